The molecule has 0 spiro atoms. The van der Waals surface area contributed by atoms with Crippen molar-refractivity contribution in [3.05, 3.63) is 0 Å². The van der Waals surface area contributed by atoms with Gasteiger partial charge >= 0.3 is 5.97 Å². The van der Waals surface area contributed by atoms with Gasteiger partial charge in [0.15, 0.2) is 0 Å². The first-order valence-corrected chi connectivity index (χ1v) is 5.97. The van der Waals surface area contributed by atoms with E-state index in [0.29, 0.717) is 11.8 Å². The molecule has 4 fully saturated rings. The van der Waals surface area contributed by atoms with Crippen molar-refractivity contribution in [3.8, 4) is 0 Å². The van der Waals surface area contributed by atoms with E-state index in [9.17, 15) is 4.79 Å². The van der Waals surface area contributed by atoms with Gasteiger partial charge in [-0.05, 0) is 43.9 Å². The molecule has 0 aromatic heterocycles. The van der Waals surface area contributed by atoms with Crippen molar-refractivity contribution in [2.45, 2.75) is 56.6 Å². The molecule has 84 valence electrons. The highest BCUT2D eigenvalue weighted by atomic mass is 16.6. The lowest BCUT2D eigenvalue weighted by molar-refractivity contribution is -0.186. The van der Waals surface area contributed by atoms with Gasteiger partial charge in [-0.3, -0.25) is 4.79 Å². The van der Waals surface area contributed by atoms with E-state index in [2.05, 4.69) is 0 Å². The quantitative estimate of drug-likeness (QED) is 0.667. The van der Waals surface area contributed by atoms with Crippen molar-refractivity contribution in [2.75, 3.05) is 0 Å². The summed E-state index contributed by atoms with van der Waals surface area (Å²) in [5.41, 5.74) is 6.17. The minimum absolute atomic E-state index is 0.0282. The first kappa shape index (κ1) is 9.64. The Labute approximate surface area is 90.4 Å². The molecule has 2 N–H and O–H groups in total. The molecule has 3 heteroatoms. The lowest BCUT2D eigenvalue weighted by Crippen LogP contribution is -2.63. The molecule has 0 saturated heterocycles. The average Bonchev–Trinajstić information content (AvgIpc) is 1.94. The van der Waals surface area contributed by atoms with E-state index in [0.717, 1.165) is 32.1 Å². The van der Waals surface area contributed by atoms with E-state index in [1.54, 1.807) is 0 Å². The number of hydrogen-bond donors (Lipinski definition) is 1. The van der Waals surface area contributed by atoms with Crippen LogP contribution in [0.1, 0.15) is 45.4 Å². The van der Waals surface area contributed by atoms with Crippen molar-refractivity contribution >= 4 is 5.97 Å². The lowest BCUT2D eigenvalue weighted by atomic mass is 9.51. The SMILES string of the molecule is CC(=O)OC12CC3CC(CC(N)(C3)C1)C2. The zero-order valence-electron chi connectivity index (χ0n) is 9.29. The van der Waals surface area contributed by atoms with Gasteiger partial charge in [0.1, 0.15) is 5.60 Å². The van der Waals surface area contributed by atoms with Gasteiger partial charge in [-0.1, -0.05) is 0 Å². The number of nitrogens with two attached hydrogens (primary N) is 1. The predicted molar refractivity (Wildman–Crippen MR) is 56.1 cm³/mol. The molecule has 4 aliphatic rings. The molecular weight excluding hydrogens is 190 g/mol. The summed E-state index contributed by atoms with van der Waals surface area (Å²) in [5, 5.41) is 0. The molecule has 0 heterocycles. The van der Waals surface area contributed by atoms with Crippen LogP contribution in [0.5, 0.6) is 0 Å². The Balaban J connectivity index is 1.89. The third kappa shape index (κ3) is 1.48. The van der Waals surface area contributed by atoms with E-state index in [1.165, 1.54) is 13.3 Å². The van der Waals surface area contributed by atoms with Crippen LogP contribution in [-0.4, -0.2) is 17.1 Å². The first-order valence-electron chi connectivity index (χ1n) is 5.97. The Bertz CT molecular complexity index is 299. The summed E-state index contributed by atoms with van der Waals surface area (Å²) in [5.74, 6) is 1.27. The fourth-order valence-corrected chi connectivity index (χ4v) is 4.67. The van der Waals surface area contributed by atoms with Crippen LogP contribution in [0.2, 0.25) is 0 Å². The molecule has 15 heavy (non-hydrogen) atoms. The van der Waals surface area contributed by atoms with Crippen LogP contribution in [0.15, 0.2) is 0 Å². The van der Waals surface area contributed by atoms with Gasteiger partial charge in [0.25, 0.3) is 0 Å². The number of esters is 1. The molecule has 0 aliphatic heterocycles. The van der Waals surface area contributed by atoms with Crippen LogP contribution in [0, 0.1) is 11.8 Å². The maximum Gasteiger partial charge on any atom is 0.303 e. The second-order valence-corrected chi connectivity index (χ2v) is 6.10. The van der Waals surface area contributed by atoms with Crippen molar-refractivity contribution in [1.29, 1.82) is 0 Å². The minimum Gasteiger partial charge on any atom is -0.459 e. The van der Waals surface area contributed by atoms with E-state index >= 15 is 0 Å². The van der Waals surface area contributed by atoms with Crippen LogP contribution in [-0.2, 0) is 9.53 Å². The fraction of sp³-hybridized carbons (Fsp3) is 0.917. The highest BCUT2D eigenvalue weighted by molar-refractivity contribution is 5.66. The largest absolute Gasteiger partial charge is 0.459 e. The monoisotopic (exact) mass is 209 g/mol. The third-order valence-electron chi connectivity index (χ3n) is 4.41. The smallest absolute Gasteiger partial charge is 0.303 e. The zero-order valence-corrected chi connectivity index (χ0v) is 9.29. The Hall–Kier alpha value is -0.570. The van der Waals surface area contributed by atoms with Gasteiger partial charge in [-0.15, -0.1) is 0 Å². The van der Waals surface area contributed by atoms with Gasteiger partial charge in [0.2, 0.25) is 0 Å². The Morgan fingerprint density at radius 3 is 2.33 bits per heavy atom. The van der Waals surface area contributed by atoms with Crippen LogP contribution < -0.4 is 5.73 Å². The molecular formula is C12H19NO2. The summed E-state index contributed by atoms with van der Waals surface area (Å²) in [4.78, 5) is 11.2. The molecule has 0 aromatic carbocycles. The first-order chi connectivity index (χ1) is 6.99. The molecule has 4 saturated carbocycles. The Morgan fingerprint density at radius 2 is 1.87 bits per heavy atom. The molecule has 4 aliphatic carbocycles. The molecule has 3 nitrogen and oxygen atoms in total. The molecule has 0 amide bonds. The van der Waals surface area contributed by atoms with Crippen LogP contribution >= 0.6 is 0 Å². The van der Waals surface area contributed by atoms with E-state index in [4.69, 9.17) is 10.5 Å². The van der Waals surface area contributed by atoms with Crippen LogP contribution in [0.25, 0.3) is 0 Å². The molecule has 2 unspecified atom stereocenters. The van der Waals surface area contributed by atoms with Crippen LogP contribution in [0.4, 0.5) is 0 Å². The average molecular weight is 209 g/mol. The van der Waals surface area contributed by atoms with E-state index < -0.39 is 0 Å². The summed E-state index contributed by atoms with van der Waals surface area (Å²) in [6, 6.07) is 0. The normalized spacial score (nSPS) is 51.9. The summed E-state index contributed by atoms with van der Waals surface area (Å²) in [7, 11) is 0. The van der Waals surface area contributed by atoms with Gasteiger partial charge < -0.3 is 10.5 Å². The fourth-order valence-electron chi connectivity index (χ4n) is 4.67. The second kappa shape index (κ2) is 2.76. The van der Waals surface area contributed by atoms with Gasteiger partial charge in [-0.2, -0.15) is 0 Å². The highest BCUT2D eigenvalue weighted by Crippen LogP contribution is 2.57. The summed E-state index contributed by atoms with van der Waals surface area (Å²) < 4.78 is 5.60. The Morgan fingerprint density at radius 1 is 1.27 bits per heavy atom. The zero-order chi connectivity index (χ0) is 10.7. The number of hydrogen-bond acceptors (Lipinski definition) is 3. The topological polar surface area (TPSA) is 52.3 Å². The molecule has 0 aromatic rings. The highest BCUT2D eigenvalue weighted by Gasteiger charge is 2.58. The number of rotatable bonds is 1. The minimum atomic E-state index is -0.190. The third-order valence-corrected chi connectivity index (χ3v) is 4.41. The molecule has 0 radical (unpaired) electrons. The van der Waals surface area contributed by atoms with Gasteiger partial charge in [-0.25, -0.2) is 0 Å². The van der Waals surface area contributed by atoms with E-state index in [-0.39, 0.29) is 17.1 Å². The standard InChI is InChI=1S/C12H19NO2/c1-8(14)15-12-5-9-2-10(6-12)4-11(13,3-9)7-12/h9-10H,2-7,13H2,1H3. The van der Waals surface area contributed by atoms with Gasteiger partial charge in [0.05, 0.1) is 0 Å². The van der Waals surface area contributed by atoms with Crippen LogP contribution in [0.3, 0.4) is 0 Å². The maximum absolute atomic E-state index is 11.2. The summed E-state index contributed by atoms with van der Waals surface area (Å²) >= 11 is 0. The molecule has 4 rings (SSSR count). The second-order valence-electron chi connectivity index (χ2n) is 6.10. The number of carbonyl (C=O) groups is 1. The Kier molecular flexibility index (Phi) is 1.77. The van der Waals surface area contributed by atoms with Crippen molar-refractivity contribution < 1.29 is 9.53 Å². The predicted octanol–water partition coefficient (Wildman–Crippen LogP) is 1.60. The molecule has 4 bridgehead atoms. The van der Waals surface area contributed by atoms with Crippen molar-refractivity contribution in [2.24, 2.45) is 17.6 Å². The summed E-state index contributed by atoms with van der Waals surface area (Å²) in [6.45, 7) is 1.52. The van der Waals surface area contributed by atoms with E-state index in [1.807, 2.05) is 0 Å². The number of carbonyl (C=O) groups excluding carboxylic acids is 1. The summed E-state index contributed by atoms with van der Waals surface area (Å²) in [6.07, 6.45) is 6.61. The van der Waals surface area contributed by atoms with Gasteiger partial charge in [0, 0.05) is 18.9 Å². The van der Waals surface area contributed by atoms with Crippen molar-refractivity contribution in [1.82, 2.24) is 0 Å². The maximum atomic E-state index is 11.2. The molecule has 2 atom stereocenters. The lowest BCUT2D eigenvalue weighted by Gasteiger charge is -2.59. The van der Waals surface area contributed by atoms with Crippen molar-refractivity contribution in [3.63, 3.8) is 0 Å². The number of ether oxygens (including phenoxy) is 1.